The Bertz CT molecular complexity index is 1020. The molecular formula is C19H15FN4O. The van der Waals surface area contributed by atoms with Crippen molar-refractivity contribution in [3.63, 3.8) is 0 Å². The lowest BCUT2D eigenvalue weighted by Gasteiger charge is -2.05. The average Bonchev–Trinajstić information content (AvgIpc) is 3.25. The molecule has 124 valence electrons. The monoisotopic (exact) mass is 334 g/mol. The Labute approximate surface area is 143 Å². The molecule has 0 unspecified atom stereocenters. The number of hydrogen-bond acceptors (Lipinski definition) is 4. The number of nitrogens with zero attached hydrogens (tertiary/aromatic N) is 4. The molecule has 2 aromatic heterocycles. The van der Waals surface area contributed by atoms with Crippen molar-refractivity contribution >= 4 is 0 Å². The lowest BCUT2D eigenvalue weighted by Crippen LogP contribution is -2.02. The molecule has 2 aromatic carbocycles. The molecule has 0 saturated heterocycles. The lowest BCUT2D eigenvalue weighted by molar-refractivity contribution is 0.385. The summed E-state index contributed by atoms with van der Waals surface area (Å²) in [4.78, 5) is 4.17. The summed E-state index contributed by atoms with van der Waals surface area (Å²) in [5.41, 5.74) is 3.12. The van der Waals surface area contributed by atoms with Crippen LogP contribution in [0.15, 0.2) is 65.3 Å². The quantitative estimate of drug-likeness (QED) is 0.564. The van der Waals surface area contributed by atoms with Crippen molar-refractivity contribution in [1.82, 2.24) is 19.9 Å². The Morgan fingerprint density at radius 1 is 1.04 bits per heavy atom. The van der Waals surface area contributed by atoms with Crippen molar-refractivity contribution in [2.45, 2.75) is 13.5 Å². The molecule has 0 aliphatic carbocycles. The van der Waals surface area contributed by atoms with E-state index in [4.69, 9.17) is 4.52 Å². The fourth-order valence-corrected chi connectivity index (χ4v) is 2.70. The second kappa shape index (κ2) is 6.32. The van der Waals surface area contributed by atoms with E-state index in [1.165, 1.54) is 6.07 Å². The van der Waals surface area contributed by atoms with Gasteiger partial charge in [-0.15, -0.1) is 0 Å². The molecule has 0 spiro atoms. The molecule has 0 aliphatic rings. The first kappa shape index (κ1) is 15.3. The topological polar surface area (TPSA) is 56.7 Å². The van der Waals surface area contributed by atoms with Crippen LogP contribution in [0, 0.1) is 12.7 Å². The lowest BCUT2D eigenvalue weighted by atomic mass is 10.0. The molecule has 0 atom stereocenters. The second-order valence-electron chi connectivity index (χ2n) is 5.69. The van der Waals surface area contributed by atoms with Gasteiger partial charge in [-0.3, -0.25) is 4.68 Å². The Morgan fingerprint density at radius 2 is 1.88 bits per heavy atom. The minimum Gasteiger partial charge on any atom is -0.340 e. The van der Waals surface area contributed by atoms with Crippen LogP contribution in [0.5, 0.6) is 0 Å². The molecule has 0 amide bonds. The van der Waals surface area contributed by atoms with E-state index in [-0.39, 0.29) is 5.82 Å². The largest absolute Gasteiger partial charge is 0.340 e. The summed E-state index contributed by atoms with van der Waals surface area (Å²) >= 11 is 0. The highest BCUT2D eigenvalue weighted by Gasteiger charge is 2.09. The molecule has 2 heterocycles. The zero-order chi connectivity index (χ0) is 17.2. The zero-order valence-corrected chi connectivity index (χ0v) is 13.6. The van der Waals surface area contributed by atoms with Crippen LogP contribution in [0.2, 0.25) is 0 Å². The van der Waals surface area contributed by atoms with Crippen LogP contribution in [0.4, 0.5) is 4.39 Å². The van der Waals surface area contributed by atoms with Crippen LogP contribution in [-0.2, 0) is 6.54 Å². The Kier molecular flexibility index (Phi) is 3.85. The first-order valence-electron chi connectivity index (χ1n) is 7.87. The first-order valence-corrected chi connectivity index (χ1v) is 7.87. The second-order valence-corrected chi connectivity index (χ2v) is 5.69. The van der Waals surface area contributed by atoms with Crippen LogP contribution in [-0.4, -0.2) is 19.9 Å². The molecule has 0 radical (unpaired) electrons. The van der Waals surface area contributed by atoms with Gasteiger partial charge in [0.15, 0.2) is 5.82 Å². The van der Waals surface area contributed by atoms with Gasteiger partial charge in [-0.1, -0.05) is 41.6 Å². The number of benzene rings is 2. The van der Waals surface area contributed by atoms with E-state index >= 15 is 0 Å². The summed E-state index contributed by atoms with van der Waals surface area (Å²) in [7, 11) is 0. The number of aryl methyl sites for hydroxylation is 1. The molecular weight excluding hydrogens is 319 g/mol. The van der Waals surface area contributed by atoms with E-state index in [1.54, 1.807) is 23.7 Å². The Hall–Kier alpha value is -3.28. The van der Waals surface area contributed by atoms with Gasteiger partial charge in [0.25, 0.3) is 0 Å². The summed E-state index contributed by atoms with van der Waals surface area (Å²) < 4.78 is 20.7. The SMILES string of the molecule is Cc1nc(Cn2ccc(-c3cccc(-c4ccccc4F)c3)n2)no1. The van der Waals surface area contributed by atoms with Crippen LogP contribution in [0.1, 0.15) is 11.7 Å². The number of aromatic nitrogens is 4. The fourth-order valence-electron chi connectivity index (χ4n) is 2.70. The van der Waals surface area contributed by atoms with Gasteiger partial charge in [-0.2, -0.15) is 10.1 Å². The highest BCUT2D eigenvalue weighted by molar-refractivity contribution is 5.71. The van der Waals surface area contributed by atoms with Crippen LogP contribution < -0.4 is 0 Å². The van der Waals surface area contributed by atoms with Crippen molar-refractivity contribution in [2.24, 2.45) is 0 Å². The summed E-state index contributed by atoms with van der Waals surface area (Å²) in [5.74, 6) is 0.866. The summed E-state index contributed by atoms with van der Waals surface area (Å²) in [6.07, 6.45) is 1.86. The van der Waals surface area contributed by atoms with E-state index in [0.717, 1.165) is 16.8 Å². The van der Waals surface area contributed by atoms with Gasteiger partial charge < -0.3 is 4.52 Å². The molecule has 0 fully saturated rings. The maximum atomic E-state index is 14.0. The van der Waals surface area contributed by atoms with Crippen molar-refractivity contribution in [2.75, 3.05) is 0 Å². The molecule has 0 N–H and O–H groups in total. The maximum absolute atomic E-state index is 14.0. The van der Waals surface area contributed by atoms with Crippen LogP contribution in [0.3, 0.4) is 0 Å². The smallest absolute Gasteiger partial charge is 0.223 e. The molecule has 6 heteroatoms. The third kappa shape index (κ3) is 3.19. The van der Waals surface area contributed by atoms with Gasteiger partial charge in [0, 0.05) is 24.2 Å². The van der Waals surface area contributed by atoms with Gasteiger partial charge in [-0.05, 0) is 23.8 Å². The van der Waals surface area contributed by atoms with Gasteiger partial charge in [0.2, 0.25) is 5.89 Å². The van der Waals surface area contributed by atoms with E-state index < -0.39 is 0 Å². The van der Waals surface area contributed by atoms with Crippen molar-refractivity contribution < 1.29 is 8.91 Å². The van der Waals surface area contributed by atoms with Crippen molar-refractivity contribution in [1.29, 1.82) is 0 Å². The van der Waals surface area contributed by atoms with Crippen molar-refractivity contribution in [3.8, 4) is 22.4 Å². The fraction of sp³-hybridized carbons (Fsp3) is 0.105. The van der Waals surface area contributed by atoms with Gasteiger partial charge >= 0.3 is 0 Å². The minimum absolute atomic E-state index is 0.238. The standard InChI is InChI=1S/C19H15FN4O/c1-13-21-19(23-25-13)12-24-10-9-18(22-24)15-6-4-5-14(11-15)16-7-2-3-8-17(16)20/h2-11H,12H2,1H3. The van der Waals surface area contributed by atoms with Crippen LogP contribution in [0.25, 0.3) is 22.4 Å². The number of rotatable bonds is 4. The summed E-state index contributed by atoms with van der Waals surface area (Å²) in [5, 5.41) is 8.41. The molecule has 0 bridgehead atoms. The predicted molar refractivity (Wildman–Crippen MR) is 91.2 cm³/mol. The number of halogens is 1. The predicted octanol–water partition coefficient (Wildman–Crippen LogP) is 4.10. The third-order valence-electron chi connectivity index (χ3n) is 3.86. The molecule has 25 heavy (non-hydrogen) atoms. The zero-order valence-electron chi connectivity index (χ0n) is 13.6. The average molecular weight is 334 g/mol. The highest BCUT2D eigenvalue weighted by atomic mass is 19.1. The molecule has 4 rings (SSSR count). The van der Waals surface area contributed by atoms with E-state index in [2.05, 4.69) is 15.2 Å². The third-order valence-corrected chi connectivity index (χ3v) is 3.86. The summed E-state index contributed by atoms with van der Waals surface area (Å²) in [6.45, 7) is 2.18. The molecule has 0 aliphatic heterocycles. The van der Waals surface area contributed by atoms with E-state index in [9.17, 15) is 4.39 Å². The number of hydrogen-bond donors (Lipinski definition) is 0. The Morgan fingerprint density at radius 3 is 2.68 bits per heavy atom. The highest BCUT2D eigenvalue weighted by Crippen LogP contribution is 2.27. The van der Waals surface area contributed by atoms with Gasteiger partial charge in [-0.25, -0.2) is 4.39 Å². The Balaban J connectivity index is 1.62. The van der Waals surface area contributed by atoms with Gasteiger partial charge in [0.1, 0.15) is 12.4 Å². The minimum atomic E-state index is -0.238. The maximum Gasteiger partial charge on any atom is 0.223 e. The van der Waals surface area contributed by atoms with Crippen molar-refractivity contribution in [3.05, 3.63) is 78.3 Å². The molecule has 5 nitrogen and oxygen atoms in total. The van der Waals surface area contributed by atoms with Crippen LogP contribution >= 0.6 is 0 Å². The van der Waals surface area contributed by atoms with Gasteiger partial charge in [0.05, 0.1) is 5.69 Å². The normalized spacial score (nSPS) is 11.0. The first-order chi connectivity index (χ1) is 12.2. The summed E-state index contributed by atoms with van der Waals surface area (Å²) in [6, 6.07) is 16.3. The van der Waals surface area contributed by atoms with E-state index in [0.29, 0.717) is 23.8 Å². The molecule has 4 aromatic rings. The molecule has 0 saturated carbocycles. The van der Waals surface area contributed by atoms with E-state index in [1.807, 2.05) is 42.6 Å².